The largest absolute Gasteiger partial charge is 0.469 e. The highest BCUT2D eigenvalue weighted by molar-refractivity contribution is 5.77. The van der Waals surface area contributed by atoms with E-state index in [9.17, 15) is 4.79 Å². The zero-order valence-corrected chi connectivity index (χ0v) is 24.4. The first-order valence-corrected chi connectivity index (χ1v) is 14.7. The summed E-state index contributed by atoms with van der Waals surface area (Å²) in [6, 6.07) is 22.9. The van der Waals surface area contributed by atoms with Crippen molar-refractivity contribution in [1.82, 2.24) is 0 Å². The van der Waals surface area contributed by atoms with Crippen molar-refractivity contribution >= 4 is 30.3 Å². The highest BCUT2D eigenvalue weighted by atomic mass is 16.5. The van der Waals surface area contributed by atoms with Crippen LogP contribution in [0, 0.1) is 16.7 Å². The van der Waals surface area contributed by atoms with Crippen LogP contribution in [0.25, 0.3) is 24.3 Å². The van der Waals surface area contributed by atoms with Crippen LogP contribution in [0.3, 0.4) is 0 Å². The fourth-order valence-electron chi connectivity index (χ4n) is 7.47. The summed E-state index contributed by atoms with van der Waals surface area (Å²) in [7, 11) is 1.54. The molecular weight excluding hydrogens is 492 g/mol. The van der Waals surface area contributed by atoms with E-state index in [1.54, 1.807) is 5.57 Å². The molecular formula is C37H42O3. The van der Waals surface area contributed by atoms with Crippen LogP contribution < -0.4 is 0 Å². The first-order chi connectivity index (χ1) is 19.3. The Balaban J connectivity index is 1.43. The second kappa shape index (κ2) is 11.9. The number of rotatable bonds is 8. The van der Waals surface area contributed by atoms with E-state index >= 15 is 0 Å². The van der Waals surface area contributed by atoms with Gasteiger partial charge in [0.25, 0.3) is 0 Å². The molecule has 0 saturated heterocycles. The average Bonchev–Trinajstić information content (AvgIpc) is 3.36. The molecule has 2 aromatic carbocycles. The maximum atomic E-state index is 13.0. The molecule has 2 aliphatic carbocycles. The fourth-order valence-corrected chi connectivity index (χ4v) is 7.47. The van der Waals surface area contributed by atoms with Crippen LogP contribution >= 0.6 is 0 Å². The molecule has 0 unspecified atom stereocenters. The van der Waals surface area contributed by atoms with Gasteiger partial charge in [-0.2, -0.15) is 0 Å². The third-order valence-electron chi connectivity index (χ3n) is 9.57. The molecule has 0 N–H and O–H groups in total. The fraction of sp³-hybridized carbons (Fsp3) is 0.378. The number of ether oxygens (including phenoxy) is 1. The van der Waals surface area contributed by atoms with Crippen LogP contribution in [0.1, 0.15) is 87.5 Å². The van der Waals surface area contributed by atoms with Crippen molar-refractivity contribution in [2.75, 3.05) is 7.11 Å². The number of carbonyl (C=O) groups excluding carboxylic acids is 1. The van der Waals surface area contributed by atoms with Crippen LogP contribution in [0.4, 0.5) is 0 Å². The highest BCUT2D eigenvalue weighted by Crippen LogP contribution is 2.60. The Morgan fingerprint density at radius 2 is 1.57 bits per heavy atom. The summed E-state index contributed by atoms with van der Waals surface area (Å²) in [4.78, 5) is 13.0. The van der Waals surface area contributed by atoms with Crippen molar-refractivity contribution in [2.24, 2.45) is 16.7 Å². The molecule has 0 aliphatic heterocycles. The standard InChI is InChI=1S/C37H42O3/c1-27-16-23-34-36(2,24-11-25-37(34,3)35(38)39-4)32(27)21-19-30-26-31(20-17-28-12-7-5-8-13-28)40-33(30)22-18-29-14-9-6-10-15-29/h5-10,12-15,17-18,20,22,26,34H,11,16,19,21,23-25H2,1-4H3/b20-17+,22-18+/t34-,36-,37+/m1/s1. The predicted octanol–water partition coefficient (Wildman–Crippen LogP) is 9.65. The van der Waals surface area contributed by atoms with Gasteiger partial charge in [0.15, 0.2) is 0 Å². The average molecular weight is 535 g/mol. The first-order valence-electron chi connectivity index (χ1n) is 14.7. The third-order valence-corrected chi connectivity index (χ3v) is 9.57. The lowest BCUT2D eigenvalue weighted by Gasteiger charge is -2.54. The SMILES string of the molecule is COC(=O)[C@@]1(C)CCC[C@]2(C)C(CCc3cc(/C=C/c4ccccc4)oc3/C=C/c3ccccc3)=C(C)CC[C@@H]12. The van der Waals surface area contributed by atoms with Gasteiger partial charge in [0, 0.05) is 0 Å². The van der Waals surface area contributed by atoms with E-state index in [1.807, 2.05) is 24.3 Å². The molecule has 1 heterocycles. The second-order valence-electron chi connectivity index (χ2n) is 12.1. The number of furan rings is 1. The number of hydrogen-bond acceptors (Lipinski definition) is 3. The predicted molar refractivity (Wildman–Crippen MR) is 165 cm³/mol. The van der Waals surface area contributed by atoms with E-state index in [1.165, 1.54) is 18.2 Å². The van der Waals surface area contributed by atoms with Crippen LogP contribution in [0.15, 0.2) is 82.3 Å². The Morgan fingerprint density at radius 1 is 0.925 bits per heavy atom. The number of fused-ring (bicyclic) bond motifs is 1. The topological polar surface area (TPSA) is 39.4 Å². The third kappa shape index (κ3) is 5.66. The van der Waals surface area contributed by atoms with Gasteiger partial charge in [-0.15, -0.1) is 0 Å². The van der Waals surface area contributed by atoms with E-state index in [0.717, 1.165) is 67.6 Å². The van der Waals surface area contributed by atoms with Gasteiger partial charge in [-0.3, -0.25) is 4.79 Å². The Labute approximate surface area is 239 Å². The molecule has 2 aliphatic rings. The lowest BCUT2D eigenvalue weighted by molar-refractivity contribution is -0.163. The van der Waals surface area contributed by atoms with Gasteiger partial charge in [0.1, 0.15) is 11.5 Å². The molecule has 1 fully saturated rings. The van der Waals surface area contributed by atoms with Crippen LogP contribution in [0.2, 0.25) is 0 Å². The Kier molecular flexibility index (Phi) is 8.30. The molecule has 0 spiro atoms. The van der Waals surface area contributed by atoms with Crippen LogP contribution in [-0.2, 0) is 16.0 Å². The quantitative estimate of drug-likeness (QED) is 0.213. The van der Waals surface area contributed by atoms with E-state index in [4.69, 9.17) is 9.15 Å². The number of esters is 1. The molecule has 1 saturated carbocycles. The highest BCUT2D eigenvalue weighted by Gasteiger charge is 2.55. The first kappa shape index (κ1) is 28.0. The summed E-state index contributed by atoms with van der Waals surface area (Å²) < 4.78 is 11.7. The number of hydrogen-bond donors (Lipinski definition) is 0. The molecule has 3 atom stereocenters. The van der Waals surface area contributed by atoms with Crippen molar-refractivity contribution in [1.29, 1.82) is 0 Å². The molecule has 0 radical (unpaired) electrons. The smallest absolute Gasteiger partial charge is 0.311 e. The summed E-state index contributed by atoms with van der Waals surface area (Å²) >= 11 is 0. The minimum atomic E-state index is -0.414. The summed E-state index contributed by atoms with van der Waals surface area (Å²) in [6.07, 6.45) is 15.5. The van der Waals surface area contributed by atoms with Crippen molar-refractivity contribution in [3.63, 3.8) is 0 Å². The number of carbonyl (C=O) groups is 1. The zero-order valence-electron chi connectivity index (χ0n) is 24.4. The normalized spacial score (nSPS) is 24.9. The van der Waals surface area contributed by atoms with Crippen molar-refractivity contribution in [2.45, 2.75) is 65.7 Å². The van der Waals surface area contributed by atoms with Gasteiger partial charge in [-0.1, -0.05) is 97.3 Å². The van der Waals surface area contributed by atoms with Gasteiger partial charge in [-0.05, 0) is 98.6 Å². The summed E-state index contributed by atoms with van der Waals surface area (Å²) in [6.45, 7) is 6.86. The van der Waals surface area contributed by atoms with Crippen molar-refractivity contribution in [3.8, 4) is 0 Å². The van der Waals surface area contributed by atoms with E-state index < -0.39 is 5.41 Å². The van der Waals surface area contributed by atoms with Crippen LogP contribution in [-0.4, -0.2) is 13.1 Å². The number of allylic oxidation sites excluding steroid dienone is 2. The van der Waals surface area contributed by atoms with Gasteiger partial charge < -0.3 is 9.15 Å². The van der Waals surface area contributed by atoms with E-state index in [2.05, 4.69) is 87.5 Å². The number of benzene rings is 2. The minimum Gasteiger partial charge on any atom is -0.469 e. The lowest BCUT2D eigenvalue weighted by Crippen LogP contribution is -2.50. The van der Waals surface area contributed by atoms with Gasteiger partial charge >= 0.3 is 5.97 Å². The second-order valence-corrected chi connectivity index (χ2v) is 12.1. The molecule has 3 nitrogen and oxygen atoms in total. The number of methoxy groups -OCH3 is 1. The van der Waals surface area contributed by atoms with Gasteiger partial charge in [-0.25, -0.2) is 0 Å². The molecule has 1 aromatic heterocycles. The monoisotopic (exact) mass is 534 g/mol. The van der Waals surface area contributed by atoms with Gasteiger partial charge in [0.05, 0.1) is 12.5 Å². The lowest BCUT2D eigenvalue weighted by atomic mass is 9.49. The summed E-state index contributed by atoms with van der Waals surface area (Å²) in [5.41, 5.74) is 6.16. The Hall–Kier alpha value is -3.59. The minimum absolute atomic E-state index is 0.0172. The van der Waals surface area contributed by atoms with E-state index in [0.29, 0.717) is 5.92 Å². The maximum Gasteiger partial charge on any atom is 0.311 e. The molecule has 0 amide bonds. The molecule has 40 heavy (non-hydrogen) atoms. The van der Waals surface area contributed by atoms with E-state index in [-0.39, 0.29) is 11.4 Å². The molecule has 0 bridgehead atoms. The van der Waals surface area contributed by atoms with Crippen molar-refractivity contribution < 1.29 is 13.9 Å². The Morgan fingerprint density at radius 3 is 2.23 bits per heavy atom. The molecule has 5 rings (SSSR count). The molecule has 3 heteroatoms. The zero-order chi connectivity index (χ0) is 28.2. The molecule has 208 valence electrons. The van der Waals surface area contributed by atoms with Gasteiger partial charge in [0.2, 0.25) is 0 Å². The summed E-state index contributed by atoms with van der Waals surface area (Å²) in [5.74, 6) is 2.04. The number of aryl methyl sites for hydroxylation is 1. The summed E-state index contributed by atoms with van der Waals surface area (Å²) in [5, 5.41) is 0. The maximum absolute atomic E-state index is 13.0. The van der Waals surface area contributed by atoms with Crippen molar-refractivity contribution in [3.05, 3.63) is 106 Å². The molecule has 3 aromatic rings. The van der Waals surface area contributed by atoms with Crippen LogP contribution in [0.5, 0.6) is 0 Å². The Bertz CT molecular complexity index is 1410.